The predicted molar refractivity (Wildman–Crippen MR) is 74.1 cm³/mol. The summed E-state index contributed by atoms with van der Waals surface area (Å²) in [6.45, 7) is 6.01. The standard InChI is InChI=1S/C15H28N2O/c1-3-5-12-6-4-10-17(11-9-12)14(18)15(2,16)13-7-8-13/h12-13H,3-11,16H2,1-2H3. The van der Waals surface area contributed by atoms with Gasteiger partial charge < -0.3 is 10.6 Å². The first kappa shape index (κ1) is 13.9. The fraction of sp³-hybridized carbons (Fsp3) is 0.933. The summed E-state index contributed by atoms with van der Waals surface area (Å²) in [6.07, 6.45) is 8.43. The molecule has 3 nitrogen and oxygen atoms in total. The van der Waals surface area contributed by atoms with Gasteiger partial charge in [0.25, 0.3) is 0 Å². The van der Waals surface area contributed by atoms with Crippen LogP contribution in [0.1, 0.15) is 58.8 Å². The van der Waals surface area contributed by atoms with Crippen LogP contribution in [0.15, 0.2) is 0 Å². The van der Waals surface area contributed by atoms with Gasteiger partial charge in [0, 0.05) is 13.1 Å². The molecule has 0 bridgehead atoms. The molecule has 2 unspecified atom stereocenters. The normalized spacial score (nSPS) is 28.6. The van der Waals surface area contributed by atoms with Crippen molar-refractivity contribution in [1.82, 2.24) is 4.90 Å². The number of hydrogen-bond acceptors (Lipinski definition) is 2. The number of amides is 1. The van der Waals surface area contributed by atoms with Crippen molar-refractivity contribution in [2.45, 2.75) is 64.3 Å². The van der Waals surface area contributed by atoms with Crippen LogP contribution in [0.25, 0.3) is 0 Å². The van der Waals surface area contributed by atoms with Crippen LogP contribution < -0.4 is 5.73 Å². The topological polar surface area (TPSA) is 46.3 Å². The molecule has 2 aliphatic rings. The Balaban J connectivity index is 1.91. The Labute approximate surface area is 111 Å². The average Bonchev–Trinajstić information content (AvgIpc) is 3.16. The predicted octanol–water partition coefficient (Wildman–Crippen LogP) is 2.54. The molecule has 1 saturated carbocycles. The summed E-state index contributed by atoms with van der Waals surface area (Å²) in [5.74, 6) is 1.44. The zero-order valence-corrected chi connectivity index (χ0v) is 12.0. The van der Waals surface area contributed by atoms with E-state index >= 15 is 0 Å². The Kier molecular flexibility index (Phi) is 4.31. The highest BCUT2D eigenvalue weighted by atomic mass is 16.2. The lowest BCUT2D eigenvalue weighted by atomic mass is 9.95. The summed E-state index contributed by atoms with van der Waals surface area (Å²) < 4.78 is 0. The first-order valence-electron chi connectivity index (χ1n) is 7.64. The van der Waals surface area contributed by atoms with Crippen LogP contribution in [0.3, 0.4) is 0 Å². The van der Waals surface area contributed by atoms with Crippen molar-refractivity contribution in [3.05, 3.63) is 0 Å². The van der Waals surface area contributed by atoms with Gasteiger partial charge in [0.15, 0.2) is 0 Å². The van der Waals surface area contributed by atoms with Gasteiger partial charge in [0.1, 0.15) is 0 Å². The SMILES string of the molecule is CCCC1CCCN(C(=O)C(C)(N)C2CC2)CC1. The largest absolute Gasteiger partial charge is 0.341 e. The van der Waals surface area contributed by atoms with Crippen LogP contribution in [0.2, 0.25) is 0 Å². The van der Waals surface area contributed by atoms with Crippen molar-refractivity contribution < 1.29 is 4.79 Å². The minimum absolute atomic E-state index is 0.196. The van der Waals surface area contributed by atoms with Gasteiger partial charge >= 0.3 is 0 Å². The lowest BCUT2D eigenvalue weighted by molar-refractivity contribution is -0.137. The highest BCUT2D eigenvalue weighted by Gasteiger charge is 2.45. The molecule has 2 fully saturated rings. The molecule has 0 radical (unpaired) electrons. The molecule has 0 aromatic heterocycles. The molecule has 1 amide bonds. The molecule has 3 heteroatoms. The quantitative estimate of drug-likeness (QED) is 0.835. The zero-order valence-electron chi connectivity index (χ0n) is 12.0. The number of nitrogens with zero attached hydrogens (tertiary/aromatic N) is 1. The first-order chi connectivity index (χ1) is 8.55. The minimum atomic E-state index is -0.607. The van der Waals surface area contributed by atoms with Gasteiger partial charge in [-0.1, -0.05) is 19.8 Å². The van der Waals surface area contributed by atoms with Crippen LogP contribution >= 0.6 is 0 Å². The third-order valence-corrected chi connectivity index (χ3v) is 4.72. The van der Waals surface area contributed by atoms with Crippen molar-refractivity contribution in [2.75, 3.05) is 13.1 Å². The number of likely N-dealkylation sites (tertiary alicyclic amines) is 1. The summed E-state index contributed by atoms with van der Waals surface area (Å²) in [5.41, 5.74) is 5.64. The zero-order chi connectivity index (χ0) is 13.2. The van der Waals surface area contributed by atoms with Gasteiger partial charge in [-0.2, -0.15) is 0 Å². The van der Waals surface area contributed by atoms with Crippen LogP contribution in [-0.4, -0.2) is 29.4 Å². The summed E-state index contributed by atoms with van der Waals surface area (Å²) in [5, 5.41) is 0. The Morgan fingerprint density at radius 3 is 2.61 bits per heavy atom. The summed E-state index contributed by atoms with van der Waals surface area (Å²) in [4.78, 5) is 14.6. The molecule has 1 aliphatic carbocycles. The van der Waals surface area contributed by atoms with Gasteiger partial charge in [0.2, 0.25) is 5.91 Å². The lowest BCUT2D eigenvalue weighted by Crippen LogP contribution is -2.55. The van der Waals surface area contributed by atoms with E-state index in [9.17, 15) is 4.79 Å². The molecule has 2 rings (SSSR count). The maximum absolute atomic E-state index is 12.5. The van der Waals surface area contributed by atoms with Crippen LogP contribution in [0, 0.1) is 11.8 Å². The van der Waals surface area contributed by atoms with Crippen molar-refractivity contribution >= 4 is 5.91 Å². The van der Waals surface area contributed by atoms with Crippen molar-refractivity contribution in [3.63, 3.8) is 0 Å². The van der Waals surface area contributed by atoms with E-state index in [0.29, 0.717) is 5.92 Å². The monoisotopic (exact) mass is 252 g/mol. The molecule has 2 atom stereocenters. The van der Waals surface area contributed by atoms with E-state index in [1.54, 1.807) is 0 Å². The summed E-state index contributed by atoms with van der Waals surface area (Å²) in [7, 11) is 0. The van der Waals surface area contributed by atoms with E-state index in [1.807, 2.05) is 11.8 Å². The molecule has 0 aromatic rings. The Bertz CT molecular complexity index is 297. The van der Waals surface area contributed by atoms with Crippen LogP contribution in [0.5, 0.6) is 0 Å². The molecule has 2 N–H and O–H groups in total. The third kappa shape index (κ3) is 3.05. The molecule has 0 spiro atoms. The number of rotatable bonds is 4. The minimum Gasteiger partial charge on any atom is -0.341 e. The maximum Gasteiger partial charge on any atom is 0.242 e. The molecular formula is C15H28N2O. The Hall–Kier alpha value is -0.570. The van der Waals surface area contributed by atoms with Gasteiger partial charge in [-0.3, -0.25) is 4.79 Å². The second-order valence-corrected chi connectivity index (χ2v) is 6.43. The number of nitrogens with two attached hydrogens (primary N) is 1. The lowest BCUT2D eigenvalue weighted by Gasteiger charge is -2.31. The van der Waals surface area contributed by atoms with Crippen LogP contribution in [0.4, 0.5) is 0 Å². The van der Waals surface area contributed by atoms with Crippen LogP contribution in [-0.2, 0) is 4.79 Å². The molecule has 1 heterocycles. The average molecular weight is 252 g/mol. The molecule has 18 heavy (non-hydrogen) atoms. The smallest absolute Gasteiger partial charge is 0.242 e. The Morgan fingerprint density at radius 2 is 2.00 bits per heavy atom. The van der Waals surface area contributed by atoms with E-state index in [-0.39, 0.29) is 5.91 Å². The summed E-state index contributed by atoms with van der Waals surface area (Å²) >= 11 is 0. The Morgan fingerprint density at radius 1 is 1.28 bits per heavy atom. The fourth-order valence-electron chi connectivity index (χ4n) is 3.26. The number of hydrogen-bond donors (Lipinski definition) is 1. The van der Waals surface area contributed by atoms with Gasteiger partial charge in [-0.05, 0) is 50.9 Å². The van der Waals surface area contributed by atoms with E-state index in [0.717, 1.165) is 38.3 Å². The molecule has 1 saturated heterocycles. The molecule has 1 aliphatic heterocycles. The second kappa shape index (κ2) is 5.60. The van der Waals surface area contributed by atoms with Gasteiger partial charge in [0.05, 0.1) is 5.54 Å². The third-order valence-electron chi connectivity index (χ3n) is 4.72. The highest BCUT2D eigenvalue weighted by molar-refractivity contribution is 5.86. The van der Waals surface area contributed by atoms with Crippen molar-refractivity contribution in [1.29, 1.82) is 0 Å². The second-order valence-electron chi connectivity index (χ2n) is 6.43. The van der Waals surface area contributed by atoms with Gasteiger partial charge in [-0.25, -0.2) is 0 Å². The maximum atomic E-state index is 12.5. The van der Waals surface area contributed by atoms with E-state index in [1.165, 1.54) is 25.7 Å². The molecular weight excluding hydrogens is 224 g/mol. The number of carbonyl (C=O) groups is 1. The first-order valence-corrected chi connectivity index (χ1v) is 7.64. The van der Waals surface area contributed by atoms with Crippen molar-refractivity contribution in [2.24, 2.45) is 17.6 Å². The molecule has 0 aromatic carbocycles. The van der Waals surface area contributed by atoms with Gasteiger partial charge in [-0.15, -0.1) is 0 Å². The fourth-order valence-corrected chi connectivity index (χ4v) is 3.26. The van der Waals surface area contributed by atoms with Crippen molar-refractivity contribution in [3.8, 4) is 0 Å². The highest BCUT2D eigenvalue weighted by Crippen LogP contribution is 2.39. The number of carbonyl (C=O) groups excluding carboxylic acids is 1. The molecule has 104 valence electrons. The summed E-state index contributed by atoms with van der Waals surface area (Å²) in [6, 6.07) is 0. The van der Waals surface area contributed by atoms with E-state index in [2.05, 4.69) is 6.92 Å². The van der Waals surface area contributed by atoms with E-state index < -0.39 is 5.54 Å². The van der Waals surface area contributed by atoms with E-state index in [4.69, 9.17) is 5.73 Å².